The number of carbonyl (C=O) groups excluding carboxylic acids is 1. The maximum Gasteiger partial charge on any atom is 0.260 e. The maximum atomic E-state index is 12.7. The fourth-order valence-corrected chi connectivity index (χ4v) is 2.92. The van der Waals surface area contributed by atoms with Crippen LogP contribution in [-0.2, 0) is 6.54 Å². The van der Waals surface area contributed by atoms with Crippen LogP contribution in [0.2, 0.25) is 0 Å². The number of amides is 1. The van der Waals surface area contributed by atoms with Crippen LogP contribution in [0.3, 0.4) is 0 Å². The summed E-state index contributed by atoms with van der Waals surface area (Å²) in [6.07, 6.45) is 0. The minimum absolute atomic E-state index is 0.0660. The first-order valence-corrected chi connectivity index (χ1v) is 7.31. The Morgan fingerprint density at radius 3 is 2.70 bits per heavy atom. The van der Waals surface area contributed by atoms with Gasteiger partial charge < -0.3 is 10.0 Å². The molecule has 5 heteroatoms. The third kappa shape index (κ3) is 2.65. The predicted octanol–water partition coefficient (Wildman–Crippen LogP) is 2.68. The Balaban J connectivity index is 2.06. The van der Waals surface area contributed by atoms with Gasteiger partial charge in [0.2, 0.25) is 0 Å². The molecule has 0 aliphatic carbocycles. The lowest BCUT2D eigenvalue weighted by Gasteiger charge is -2.20. The monoisotopic (exact) mass is 307 g/mol. The van der Waals surface area contributed by atoms with Gasteiger partial charge in [0.1, 0.15) is 5.75 Å². The van der Waals surface area contributed by atoms with Gasteiger partial charge in [-0.2, -0.15) is 5.26 Å². The van der Waals surface area contributed by atoms with Crippen molar-refractivity contribution in [2.75, 3.05) is 19.0 Å². The van der Waals surface area contributed by atoms with E-state index in [0.29, 0.717) is 11.3 Å². The maximum absolute atomic E-state index is 12.7. The Morgan fingerprint density at radius 2 is 2.04 bits per heavy atom. The second-order valence-corrected chi connectivity index (χ2v) is 5.89. The summed E-state index contributed by atoms with van der Waals surface area (Å²) in [6, 6.07) is 13.6. The quantitative estimate of drug-likeness (QED) is 0.946. The molecule has 0 aromatic heterocycles. The van der Waals surface area contributed by atoms with E-state index in [-0.39, 0.29) is 11.7 Å². The van der Waals surface area contributed by atoms with Gasteiger partial charge in [0.05, 0.1) is 6.07 Å². The lowest BCUT2D eigenvalue weighted by Crippen LogP contribution is -2.26. The Labute approximate surface area is 135 Å². The number of hydrogen-bond acceptors (Lipinski definition) is 4. The zero-order chi connectivity index (χ0) is 16.6. The highest BCUT2D eigenvalue weighted by molar-refractivity contribution is 6.11. The van der Waals surface area contributed by atoms with Crippen molar-refractivity contribution in [2.24, 2.45) is 0 Å². The number of aromatic hydroxyl groups is 1. The van der Waals surface area contributed by atoms with Crippen LogP contribution in [0.15, 0.2) is 42.5 Å². The molecular weight excluding hydrogens is 290 g/mol. The Bertz CT molecular complexity index is 808. The van der Waals surface area contributed by atoms with Crippen molar-refractivity contribution in [2.45, 2.75) is 12.6 Å². The number of rotatable bonds is 3. The first kappa shape index (κ1) is 15.1. The Morgan fingerprint density at radius 1 is 1.26 bits per heavy atom. The highest BCUT2D eigenvalue weighted by atomic mass is 16.3. The van der Waals surface area contributed by atoms with Gasteiger partial charge in [-0.15, -0.1) is 0 Å². The van der Waals surface area contributed by atoms with Crippen LogP contribution >= 0.6 is 0 Å². The van der Waals surface area contributed by atoms with E-state index < -0.39 is 6.04 Å². The number of anilines is 1. The van der Waals surface area contributed by atoms with Gasteiger partial charge in [-0.25, -0.2) is 0 Å². The molecule has 0 saturated carbocycles. The van der Waals surface area contributed by atoms with Gasteiger partial charge in [0.25, 0.3) is 5.91 Å². The number of hydrogen-bond donors (Lipinski definition) is 1. The molecule has 1 aliphatic rings. The average molecular weight is 307 g/mol. The fraction of sp³-hybridized carbons (Fsp3) is 0.222. The van der Waals surface area contributed by atoms with Crippen LogP contribution in [0, 0.1) is 11.3 Å². The van der Waals surface area contributed by atoms with E-state index in [0.717, 1.165) is 17.7 Å². The highest BCUT2D eigenvalue weighted by Crippen LogP contribution is 2.38. The molecular formula is C18H17N3O2. The predicted molar refractivity (Wildman–Crippen MR) is 87.1 cm³/mol. The zero-order valence-corrected chi connectivity index (χ0v) is 13.0. The van der Waals surface area contributed by atoms with Crippen LogP contribution < -0.4 is 4.90 Å². The van der Waals surface area contributed by atoms with E-state index in [1.165, 1.54) is 17.0 Å². The van der Waals surface area contributed by atoms with E-state index >= 15 is 0 Å². The number of nitriles is 1. The summed E-state index contributed by atoms with van der Waals surface area (Å²) >= 11 is 0. The minimum Gasteiger partial charge on any atom is -0.508 e. The standard InChI is InChI=1S/C18H17N3O2/c1-20(2)11-12-6-7-15-16(8-12)17(10-19)21(18(15)23)13-4-3-5-14(22)9-13/h3-9,17,22H,11H2,1-2H3. The molecule has 0 saturated heterocycles. The molecule has 2 aromatic rings. The van der Waals surface area contributed by atoms with Crippen molar-refractivity contribution in [1.29, 1.82) is 5.26 Å². The summed E-state index contributed by atoms with van der Waals surface area (Å²) in [6.45, 7) is 0.742. The summed E-state index contributed by atoms with van der Waals surface area (Å²) in [5, 5.41) is 19.2. The smallest absolute Gasteiger partial charge is 0.260 e. The van der Waals surface area contributed by atoms with Gasteiger partial charge >= 0.3 is 0 Å². The number of fused-ring (bicyclic) bond motifs is 1. The van der Waals surface area contributed by atoms with Crippen LogP contribution in [0.5, 0.6) is 5.75 Å². The third-order valence-corrected chi connectivity index (χ3v) is 3.85. The molecule has 1 N–H and O–H groups in total. The van der Waals surface area contributed by atoms with E-state index in [1.807, 2.05) is 31.1 Å². The molecule has 2 aromatic carbocycles. The molecule has 0 spiro atoms. The van der Waals surface area contributed by atoms with Crippen molar-refractivity contribution >= 4 is 11.6 Å². The largest absolute Gasteiger partial charge is 0.508 e. The topological polar surface area (TPSA) is 67.6 Å². The molecule has 0 radical (unpaired) electrons. The second-order valence-electron chi connectivity index (χ2n) is 5.89. The molecule has 1 unspecified atom stereocenters. The summed E-state index contributed by atoms with van der Waals surface area (Å²) < 4.78 is 0. The average Bonchev–Trinajstić information content (AvgIpc) is 2.78. The Kier molecular flexibility index (Phi) is 3.77. The van der Waals surface area contributed by atoms with Crippen molar-refractivity contribution in [1.82, 2.24) is 4.90 Å². The van der Waals surface area contributed by atoms with E-state index in [1.54, 1.807) is 18.2 Å². The van der Waals surface area contributed by atoms with Crippen LogP contribution in [0.1, 0.15) is 27.5 Å². The molecule has 1 amide bonds. The second kappa shape index (κ2) is 5.75. The molecule has 23 heavy (non-hydrogen) atoms. The molecule has 116 valence electrons. The van der Waals surface area contributed by atoms with E-state index in [4.69, 9.17) is 0 Å². The van der Waals surface area contributed by atoms with Crippen LogP contribution in [0.25, 0.3) is 0 Å². The fourth-order valence-electron chi connectivity index (χ4n) is 2.92. The number of benzene rings is 2. The minimum atomic E-state index is -0.679. The number of phenols is 1. The summed E-state index contributed by atoms with van der Waals surface area (Å²) in [4.78, 5) is 16.2. The molecule has 5 nitrogen and oxygen atoms in total. The van der Waals surface area contributed by atoms with Gasteiger partial charge in [-0.3, -0.25) is 9.69 Å². The normalized spacial score (nSPS) is 16.5. The van der Waals surface area contributed by atoms with E-state index in [2.05, 4.69) is 6.07 Å². The first-order chi connectivity index (χ1) is 11.0. The number of carbonyl (C=O) groups is 1. The summed E-state index contributed by atoms with van der Waals surface area (Å²) in [5.74, 6) is -0.148. The molecule has 1 atom stereocenters. The highest BCUT2D eigenvalue weighted by Gasteiger charge is 2.38. The lowest BCUT2D eigenvalue weighted by atomic mass is 10.0. The van der Waals surface area contributed by atoms with Crippen LogP contribution in [0.4, 0.5) is 5.69 Å². The van der Waals surface area contributed by atoms with Gasteiger partial charge in [0, 0.05) is 29.4 Å². The number of nitrogens with zero attached hydrogens (tertiary/aromatic N) is 3. The van der Waals surface area contributed by atoms with Crippen molar-refractivity contribution < 1.29 is 9.90 Å². The molecule has 0 fully saturated rings. The van der Waals surface area contributed by atoms with E-state index in [9.17, 15) is 15.2 Å². The summed E-state index contributed by atoms with van der Waals surface area (Å²) in [5.41, 5.74) is 2.84. The molecule has 0 bridgehead atoms. The number of phenolic OH excluding ortho intramolecular Hbond substituents is 1. The van der Waals surface area contributed by atoms with Gasteiger partial charge in [-0.05, 0) is 37.9 Å². The SMILES string of the molecule is CN(C)Cc1ccc2c(c1)C(C#N)N(c1cccc(O)c1)C2=O. The third-order valence-electron chi connectivity index (χ3n) is 3.85. The van der Waals surface area contributed by atoms with Crippen molar-refractivity contribution in [3.05, 3.63) is 59.2 Å². The van der Waals surface area contributed by atoms with Crippen molar-refractivity contribution in [3.63, 3.8) is 0 Å². The van der Waals surface area contributed by atoms with Gasteiger partial charge in [0.15, 0.2) is 6.04 Å². The lowest BCUT2D eigenvalue weighted by molar-refractivity contribution is 0.0994. The molecule has 1 heterocycles. The first-order valence-electron chi connectivity index (χ1n) is 7.31. The molecule has 1 aliphatic heterocycles. The zero-order valence-electron chi connectivity index (χ0n) is 13.0. The Hall–Kier alpha value is -2.84. The molecule has 3 rings (SSSR count). The van der Waals surface area contributed by atoms with Gasteiger partial charge in [-0.1, -0.05) is 18.2 Å². The van der Waals surface area contributed by atoms with Crippen molar-refractivity contribution in [3.8, 4) is 11.8 Å². The van der Waals surface area contributed by atoms with Crippen LogP contribution in [-0.4, -0.2) is 30.0 Å². The summed E-state index contributed by atoms with van der Waals surface area (Å²) in [7, 11) is 3.94.